The fraction of sp³-hybridized carbons (Fsp3) is 0.222. The lowest BCUT2D eigenvalue weighted by Crippen LogP contribution is -2.38. The van der Waals surface area contributed by atoms with Crippen molar-refractivity contribution in [3.05, 3.63) is 83.4 Å². The first-order valence-corrected chi connectivity index (χ1v) is 11.4. The molecule has 0 aliphatic rings. The van der Waals surface area contributed by atoms with Crippen LogP contribution in [0.25, 0.3) is 34.0 Å². The van der Waals surface area contributed by atoms with Gasteiger partial charge in [-0.15, -0.1) is 0 Å². The fourth-order valence-electron chi connectivity index (χ4n) is 3.97. The van der Waals surface area contributed by atoms with Gasteiger partial charge in [0.15, 0.2) is 0 Å². The number of hydrogen-bond acceptors (Lipinski definition) is 6. The molecule has 2 atom stereocenters. The number of carboxylic acids is 1. The summed E-state index contributed by atoms with van der Waals surface area (Å²) in [5.41, 5.74) is 1.78. The van der Waals surface area contributed by atoms with E-state index >= 15 is 0 Å². The first kappa shape index (κ1) is 26.1. The van der Waals surface area contributed by atoms with Crippen molar-refractivity contribution in [2.24, 2.45) is 0 Å². The predicted octanol–water partition coefficient (Wildman–Crippen LogP) is 5.49. The van der Waals surface area contributed by atoms with Crippen LogP contribution in [0.4, 0.5) is 13.2 Å². The van der Waals surface area contributed by atoms with Crippen LogP contribution in [0.2, 0.25) is 0 Å². The van der Waals surface area contributed by atoms with Crippen molar-refractivity contribution in [2.45, 2.75) is 32.1 Å². The number of hydrogen-bond donors (Lipinski definition) is 3. The minimum Gasteiger partial charge on any atom is -0.480 e. The number of aromatic nitrogens is 2. The number of carboxylic acid groups (broad SMARTS) is 1. The van der Waals surface area contributed by atoms with Crippen LogP contribution in [0.1, 0.15) is 29.7 Å². The standard InChI is InChI=1S/C27H24F3N3O4/c1-15-5-3-4-6-20(15)21-12-11-19(13-22(21)27(28,29)30)25-32-24(33-37-25)18-9-7-17(8-10-18)23(14-34)31-16(2)26(35)36/h3-13,16,23,31,34H,14H2,1-2H3,(H,35,36)/t16-,23?/m1/s1. The number of nitrogens with one attached hydrogen (secondary N) is 1. The van der Waals surface area contributed by atoms with E-state index in [0.717, 1.165) is 11.6 Å². The highest BCUT2D eigenvalue weighted by Gasteiger charge is 2.34. The Morgan fingerprint density at radius 3 is 2.32 bits per heavy atom. The molecule has 192 valence electrons. The maximum atomic E-state index is 14.0. The van der Waals surface area contributed by atoms with Gasteiger partial charge in [0.05, 0.1) is 18.2 Å². The second-order valence-corrected chi connectivity index (χ2v) is 8.58. The lowest BCUT2D eigenvalue weighted by atomic mass is 9.94. The minimum absolute atomic E-state index is 0.0638. The third-order valence-electron chi connectivity index (χ3n) is 6.01. The Kier molecular flexibility index (Phi) is 7.42. The van der Waals surface area contributed by atoms with Gasteiger partial charge in [-0.25, -0.2) is 0 Å². The fourth-order valence-corrected chi connectivity index (χ4v) is 3.97. The molecule has 0 spiro atoms. The van der Waals surface area contributed by atoms with E-state index in [4.69, 9.17) is 9.63 Å². The highest BCUT2D eigenvalue weighted by atomic mass is 19.4. The van der Waals surface area contributed by atoms with Crippen LogP contribution >= 0.6 is 0 Å². The quantitative estimate of drug-likeness (QED) is 0.287. The van der Waals surface area contributed by atoms with E-state index in [1.54, 1.807) is 55.5 Å². The number of carbonyl (C=O) groups is 1. The minimum atomic E-state index is -4.60. The van der Waals surface area contributed by atoms with E-state index in [1.165, 1.54) is 19.1 Å². The second-order valence-electron chi connectivity index (χ2n) is 8.58. The summed E-state index contributed by atoms with van der Waals surface area (Å²) >= 11 is 0. The van der Waals surface area contributed by atoms with Gasteiger partial charge in [0.2, 0.25) is 5.82 Å². The summed E-state index contributed by atoms with van der Waals surface area (Å²) < 4.78 is 47.2. The SMILES string of the molecule is Cc1ccccc1-c1ccc(-c2nc(-c3ccc(C(CO)N[C@H](C)C(=O)O)cc3)no2)cc1C(F)(F)F. The van der Waals surface area contributed by atoms with E-state index in [2.05, 4.69) is 15.5 Å². The molecule has 37 heavy (non-hydrogen) atoms. The molecule has 3 aromatic carbocycles. The zero-order chi connectivity index (χ0) is 26.7. The number of rotatable bonds is 8. The smallest absolute Gasteiger partial charge is 0.417 e. The number of aliphatic carboxylic acids is 1. The van der Waals surface area contributed by atoms with Gasteiger partial charge >= 0.3 is 12.1 Å². The van der Waals surface area contributed by atoms with E-state index in [0.29, 0.717) is 16.7 Å². The Morgan fingerprint density at radius 2 is 1.70 bits per heavy atom. The molecule has 1 aromatic heterocycles. The summed E-state index contributed by atoms with van der Waals surface area (Å²) in [5.74, 6) is -0.938. The Balaban J connectivity index is 1.62. The summed E-state index contributed by atoms with van der Waals surface area (Å²) in [6.07, 6.45) is -4.60. The summed E-state index contributed by atoms with van der Waals surface area (Å²) in [4.78, 5) is 15.4. The maximum absolute atomic E-state index is 14.0. The molecular weight excluding hydrogens is 487 g/mol. The van der Waals surface area contributed by atoms with Crippen molar-refractivity contribution < 1.29 is 32.7 Å². The number of alkyl halides is 3. The maximum Gasteiger partial charge on any atom is 0.417 e. The monoisotopic (exact) mass is 511 g/mol. The summed E-state index contributed by atoms with van der Waals surface area (Å²) in [6.45, 7) is 2.91. The number of nitrogens with zero attached hydrogens (tertiary/aromatic N) is 2. The molecule has 0 aliphatic carbocycles. The molecule has 4 rings (SSSR count). The van der Waals surface area contributed by atoms with Crippen LogP contribution < -0.4 is 5.32 Å². The van der Waals surface area contributed by atoms with Gasteiger partial charge in [-0.05, 0) is 48.2 Å². The molecule has 1 heterocycles. The Hall–Kier alpha value is -4.02. The molecule has 0 bridgehead atoms. The van der Waals surface area contributed by atoms with Crippen LogP contribution in [0.3, 0.4) is 0 Å². The van der Waals surface area contributed by atoms with Crippen molar-refractivity contribution in [1.82, 2.24) is 15.5 Å². The normalized spacial score (nSPS) is 13.4. The van der Waals surface area contributed by atoms with Crippen molar-refractivity contribution >= 4 is 5.97 Å². The van der Waals surface area contributed by atoms with Gasteiger partial charge in [0.25, 0.3) is 5.89 Å². The predicted molar refractivity (Wildman–Crippen MR) is 130 cm³/mol. The average molecular weight is 512 g/mol. The molecule has 4 aromatic rings. The summed E-state index contributed by atoms with van der Waals surface area (Å²) in [5, 5.41) is 25.4. The molecule has 0 saturated carbocycles. The van der Waals surface area contributed by atoms with Gasteiger partial charge in [0, 0.05) is 11.1 Å². The highest BCUT2D eigenvalue weighted by molar-refractivity contribution is 5.75. The second kappa shape index (κ2) is 10.5. The summed E-state index contributed by atoms with van der Waals surface area (Å²) in [7, 11) is 0. The van der Waals surface area contributed by atoms with Gasteiger partial charge in [-0.2, -0.15) is 18.2 Å². The molecule has 10 heteroatoms. The third-order valence-corrected chi connectivity index (χ3v) is 6.01. The van der Waals surface area contributed by atoms with Crippen LogP contribution in [0, 0.1) is 6.92 Å². The Bertz CT molecular complexity index is 1400. The third kappa shape index (κ3) is 5.71. The molecule has 7 nitrogen and oxygen atoms in total. The number of aryl methyl sites for hydroxylation is 1. The average Bonchev–Trinajstić information content (AvgIpc) is 3.37. The first-order valence-electron chi connectivity index (χ1n) is 11.4. The van der Waals surface area contributed by atoms with Gasteiger partial charge in [0.1, 0.15) is 6.04 Å². The Morgan fingerprint density at radius 1 is 1.03 bits per heavy atom. The van der Waals surface area contributed by atoms with E-state index in [-0.39, 0.29) is 29.4 Å². The van der Waals surface area contributed by atoms with Gasteiger partial charge < -0.3 is 14.7 Å². The van der Waals surface area contributed by atoms with Gasteiger partial charge in [-0.1, -0.05) is 59.8 Å². The number of aliphatic hydroxyl groups excluding tert-OH is 1. The molecule has 0 saturated heterocycles. The van der Waals surface area contributed by atoms with Crippen molar-refractivity contribution in [2.75, 3.05) is 6.61 Å². The molecule has 0 amide bonds. The van der Waals surface area contributed by atoms with Crippen LogP contribution in [-0.4, -0.2) is 39.0 Å². The molecule has 1 unspecified atom stereocenters. The summed E-state index contributed by atoms with van der Waals surface area (Å²) in [6, 6.07) is 16.0. The van der Waals surface area contributed by atoms with Gasteiger partial charge in [-0.3, -0.25) is 10.1 Å². The zero-order valence-corrected chi connectivity index (χ0v) is 20.0. The lowest BCUT2D eigenvalue weighted by Gasteiger charge is -2.19. The number of benzene rings is 3. The molecule has 0 fully saturated rings. The topological polar surface area (TPSA) is 108 Å². The number of aliphatic hydroxyl groups is 1. The zero-order valence-electron chi connectivity index (χ0n) is 20.0. The molecular formula is C27H24F3N3O4. The van der Waals surface area contributed by atoms with Crippen molar-refractivity contribution in [1.29, 1.82) is 0 Å². The highest BCUT2D eigenvalue weighted by Crippen LogP contribution is 2.40. The van der Waals surface area contributed by atoms with Crippen LogP contribution in [-0.2, 0) is 11.0 Å². The van der Waals surface area contributed by atoms with Crippen molar-refractivity contribution in [3.8, 4) is 34.0 Å². The molecule has 0 aliphatic heterocycles. The number of halogens is 3. The van der Waals surface area contributed by atoms with Crippen LogP contribution in [0.15, 0.2) is 71.3 Å². The largest absolute Gasteiger partial charge is 0.480 e. The van der Waals surface area contributed by atoms with Crippen LogP contribution in [0.5, 0.6) is 0 Å². The molecule has 0 radical (unpaired) electrons. The van der Waals surface area contributed by atoms with E-state index in [1.807, 2.05) is 0 Å². The van der Waals surface area contributed by atoms with E-state index < -0.39 is 29.8 Å². The van der Waals surface area contributed by atoms with Crippen molar-refractivity contribution in [3.63, 3.8) is 0 Å². The molecule has 3 N–H and O–H groups in total. The Labute approximate surface area is 210 Å². The first-order chi connectivity index (χ1) is 17.6. The lowest BCUT2D eigenvalue weighted by molar-refractivity contribution is -0.139. The van der Waals surface area contributed by atoms with E-state index in [9.17, 15) is 23.1 Å².